The van der Waals surface area contributed by atoms with Crippen LogP contribution in [0, 0.1) is 0 Å². The lowest BCUT2D eigenvalue weighted by molar-refractivity contribution is 0.330. The molecular weight excluding hydrogens is 286 g/mol. The molecule has 4 rings (SSSR count). The van der Waals surface area contributed by atoms with Crippen LogP contribution in [0.25, 0.3) is 22.0 Å². The van der Waals surface area contributed by atoms with Crippen LogP contribution in [-0.2, 0) is 6.42 Å². The predicted octanol–water partition coefficient (Wildman–Crippen LogP) is 3.78. The lowest BCUT2D eigenvalue weighted by Crippen LogP contribution is -2.04. The van der Waals surface area contributed by atoms with E-state index in [-0.39, 0.29) is 5.56 Å². The van der Waals surface area contributed by atoms with Gasteiger partial charge >= 0.3 is 0 Å². The number of hydrogen-bond donors (Lipinski definition) is 1. The largest absolute Gasteiger partial charge is 0.492 e. The van der Waals surface area contributed by atoms with Crippen molar-refractivity contribution in [3.05, 3.63) is 63.4 Å². The molecule has 1 aliphatic heterocycles. The molecular formula is C17H12ClNO2. The van der Waals surface area contributed by atoms with E-state index in [1.165, 1.54) is 11.6 Å². The zero-order valence-corrected chi connectivity index (χ0v) is 11.9. The van der Waals surface area contributed by atoms with Crippen LogP contribution in [0.5, 0.6) is 5.75 Å². The molecule has 0 fully saturated rings. The summed E-state index contributed by atoms with van der Waals surface area (Å²) in [7, 11) is 0. The average Bonchev–Trinajstić information content (AvgIpc) is 2.65. The molecule has 4 heteroatoms. The van der Waals surface area contributed by atoms with Gasteiger partial charge in [0.2, 0.25) is 5.56 Å². The Labute approximate surface area is 126 Å². The van der Waals surface area contributed by atoms with Gasteiger partial charge in [-0.05, 0) is 41.5 Å². The number of hydrogen-bond acceptors (Lipinski definition) is 2. The first-order chi connectivity index (χ1) is 10.2. The lowest BCUT2D eigenvalue weighted by Gasteiger charge is -2.11. The van der Waals surface area contributed by atoms with E-state index in [1.807, 2.05) is 36.4 Å². The summed E-state index contributed by atoms with van der Waals surface area (Å²) in [5, 5.41) is 1.66. The molecule has 1 N–H and O–H groups in total. The number of pyridine rings is 1. The fraction of sp³-hybridized carbons (Fsp3) is 0.118. The highest BCUT2D eigenvalue weighted by Gasteiger charge is 2.18. The van der Waals surface area contributed by atoms with Gasteiger partial charge in [-0.3, -0.25) is 4.79 Å². The molecule has 0 radical (unpaired) electrons. The summed E-state index contributed by atoms with van der Waals surface area (Å²) in [5.41, 5.74) is 4.05. The first-order valence-electron chi connectivity index (χ1n) is 6.80. The molecule has 0 spiro atoms. The highest BCUT2D eigenvalue weighted by Crippen LogP contribution is 2.40. The summed E-state index contributed by atoms with van der Waals surface area (Å²) in [6, 6.07) is 13.2. The van der Waals surface area contributed by atoms with Crippen molar-refractivity contribution in [2.75, 3.05) is 6.61 Å². The van der Waals surface area contributed by atoms with Crippen molar-refractivity contribution in [3.63, 3.8) is 0 Å². The van der Waals surface area contributed by atoms with Crippen LogP contribution in [-0.4, -0.2) is 11.6 Å². The fourth-order valence-electron chi connectivity index (χ4n) is 2.87. The molecule has 104 valence electrons. The van der Waals surface area contributed by atoms with Gasteiger partial charge in [0.1, 0.15) is 5.75 Å². The summed E-state index contributed by atoms with van der Waals surface area (Å²) in [6.45, 7) is 0.596. The van der Waals surface area contributed by atoms with E-state index < -0.39 is 0 Å². The minimum absolute atomic E-state index is 0.108. The van der Waals surface area contributed by atoms with Crippen LogP contribution in [0.3, 0.4) is 0 Å². The van der Waals surface area contributed by atoms with Crippen molar-refractivity contribution in [2.45, 2.75) is 6.42 Å². The van der Waals surface area contributed by atoms with Crippen molar-refractivity contribution >= 4 is 22.5 Å². The van der Waals surface area contributed by atoms with Crippen LogP contribution in [0.2, 0.25) is 5.02 Å². The van der Waals surface area contributed by atoms with E-state index in [0.717, 1.165) is 39.2 Å². The lowest BCUT2D eigenvalue weighted by atomic mass is 9.96. The molecule has 0 unspecified atom stereocenters. The van der Waals surface area contributed by atoms with E-state index in [1.54, 1.807) is 0 Å². The van der Waals surface area contributed by atoms with Crippen molar-refractivity contribution in [3.8, 4) is 16.9 Å². The molecule has 0 saturated carbocycles. The van der Waals surface area contributed by atoms with Crippen LogP contribution in [0.1, 0.15) is 5.56 Å². The number of halogens is 1. The molecule has 21 heavy (non-hydrogen) atoms. The number of ether oxygens (including phenoxy) is 1. The summed E-state index contributed by atoms with van der Waals surface area (Å²) in [5.74, 6) is 0.824. The standard InChI is InChI=1S/C17H12ClNO2/c18-11-1-2-12-10(9-11)7-8-21-17-13(12)3-5-15-14(17)4-6-16(20)19-15/h1-6,9H,7-8H2,(H,19,20). The summed E-state index contributed by atoms with van der Waals surface area (Å²) < 4.78 is 5.96. The Morgan fingerprint density at radius 3 is 2.81 bits per heavy atom. The molecule has 0 saturated heterocycles. The van der Waals surface area contributed by atoms with E-state index in [4.69, 9.17) is 16.3 Å². The van der Waals surface area contributed by atoms with Crippen molar-refractivity contribution in [1.29, 1.82) is 0 Å². The maximum Gasteiger partial charge on any atom is 0.248 e. The number of benzene rings is 2. The molecule has 0 atom stereocenters. The van der Waals surface area contributed by atoms with Crippen LogP contribution in [0.15, 0.2) is 47.3 Å². The second-order valence-electron chi connectivity index (χ2n) is 5.13. The maximum atomic E-state index is 11.4. The molecule has 2 heterocycles. The smallest absolute Gasteiger partial charge is 0.248 e. The van der Waals surface area contributed by atoms with Gasteiger partial charge in [-0.2, -0.15) is 0 Å². The Hall–Kier alpha value is -2.26. The van der Waals surface area contributed by atoms with Crippen LogP contribution in [0.4, 0.5) is 0 Å². The molecule has 3 aromatic rings. The second kappa shape index (κ2) is 4.64. The number of aromatic nitrogens is 1. The van der Waals surface area contributed by atoms with Gasteiger partial charge in [0.05, 0.1) is 12.1 Å². The van der Waals surface area contributed by atoms with Crippen LogP contribution < -0.4 is 10.3 Å². The average molecular weight is 298 g/mol. The quantitative estimate of drug-likeness (QED) is 0.686. The second-order valence-corrected chi connectivity index (χ2v) is 5.56. The van der Waals surface area contributed by atoms with Gasteiger partial charge in [0.15, 0.2) is 0 Å². The Morgan fingerprint density at radius 1 is 1.05 bits per heavy atom. The van der Waals surface area contributed by atoms with E-state index in [9.17, 15) is 4.79 Å². The van der Waals surface area contributed by atoms with E-state index in [2.05, 4.69) is 4.98 Å². The molecule has 2 aromatic carbocycles. The Kier molecular flexibility index (Phi) is 2.76. The number of H-pyrrole nitrogens is 1. The number of aromatic amines is 1. The summed E-state index contributed by atoms with van der Waals surface area (Å²) in [6.07, 6.45) is 0.815. The van der Waals surface area contributed by atoms with Crippen molar-refractivity contribution in [1.82, 2.24) is 4.98 Å². The third-order valence-electron chi connectivity index (χ3n) is 3.83. The van der Waals surface area contributed by atoms with Gasteiger partial charge in [-0.25, -0.2) is 0 Å². The molecule has 1 aliphatic rings. The first-order valence-corrected chi connectivity index (χ1v) is 7.18. The van der Waals surface area contributed by atoms with Gasteiger partial charge in [-0.1, -0.05) is 17.7 Å². The predicted molar refractivity (Wildman–Crippen MR) is 84.2 cm³/mol. The number of nitrogens with one attached hydrogen (secondary N) is 1. The van der Waals surface area contributed by atoms with E-state index >= 15 is 0 Å². The first kappa shape index (κ1) is 12.5. The third kappa shape index (κ3) is 2.01. The topological polar surface area (TPSA) is 42.1 Å². The minimum atomic E-state index is -0.108. The maximum absolute atomic E-state index is 11.4. The Balaban J connectivity index is 2.06. The zero-order chi connectivity index (χ0) is 14.4. The highest BCUT2D eigenvalue weighted by atomic mass is 35.5. The van der Waals surface area contributed by atoms with E-state index in [0.29, 0.717) is 6.61 Å². The Bertz CT molecular complexity index is 914. The molecule has 0 bridgehead atoms. The number of fused-ring (bicyclic) bond motifs is 5. The minimum Gasteiger partial charge on any atom is -0.492 e. The molecule has 3 nitrogen and oxygen atoms in total. The van der Waals surface area contributed by atoms with Gasteiger partial charge < -0.3 is 9.72 Å². The van der Waals surface area contributed by atoms with Crippen LogP contribution >= 0.6 is 11.6 Å². The number of rotatable bonds is 0. The normalized spacial score (nSPS) is 13.2. The van der Waals surface area contributed by atoms with Gasteiger partial charge in [-0.15, -0.1) is 0 Å². The third-order valence-corrected chi connectivity index (χ3v) is 4.07. The molecule has 1 aromatic heterocycles. The fourth-order valence-corrected chi connectivity index (χ4v) is 3.06. The van der Waals surface area contributed by atoms with Crippen molar-refractivity contribution in [2.24, 2.45) is 0 Å². The zero-order valence-electron chi connectivity index (χ0n) is 11.2. The van der Waals surface area contributed by atoms with Gasteiger partial charge in [0.25, 0.3) is 0 Å². The SMILES string of the molecule is O=c1ccc2c3c(ccc2[nH]1)-c1ccc(Cl)cc1CCO3. The monoisotopic (exact) mass is 297 g/mol. The van der Waals surface area contributed by atoms with Gasteiger partial charge in [0, 0.05) is 28.5 Å². The molecule has 0 amide bonds. The van der Waals surface area contributed by atoms with Crippen molar-refractivity contribution < 1.29 is 4.74 Å². The Morgan fingerprint density at radius 2 is 1.90 bits per heavy atom. The molecule has 0 aliphatic carbocycles. The summed E-state index contributed by atoms with van der Waals surface area (Å²) in [4.78, 5) is 14.3. The summed E-state index contributed by atoms with van der Waals surface area (Å²) >= 11 is 6.09. The highest BCUT2D eigenvalue weighted by molar-refractivity contribution is 6.30.